The Morgan fingerprint density at radius 3 is 1.16 bits per heavy atom. The number of phosphoric acid groups is 1. The van der Waals surface area contributed by atoms with Gasteiger partial charge in [-0.1, -0.05) is 247 Å². The van der Waals surface area contributed by atoms with E-state index in [2.05, 4.69) is 93.7 Å². The summed E-state index contributed by atoms with van der Waals surface area (Å²) in [4.78, 5) is 48.6. The molecule has 3 atom stereocenters. The number of phosphoric ester groups is 1. The lowest BCUT2D eigenvalue weighted by molar-refractivity contribution is -0.161. The van der Waals surface area contributed by atoms with Gasteiger partial charge in [0, 0.05) is 19.3 Å². The smallest absolute Gasteiger partial charge is 0.462 e. The Labute approximate surface area is 464 Å². The molecule has 438 valence electrons. The van der Waals surface area contributed by atoms with Gasteiger partial charge in [-0.3, -0.25) is 23.4 Å². The third kappa shape index (κ3) is 55.4. The fraction of sp³-hybridized carbons (Fsp3) is 0.734. The van der Waals surface area contributed by atoms with Crippen molar-refractivity contribution in [2.24, 2.45) is 0 Å². The summed E-state index contributed by atoms with van der Waals surface area (Å²) in [5.41, 5.74) is 0. The van der Waals surface area contributed by atoms with Crippen LogP contribution >= 0.6 is 7.82 Å². The molecule has 0 saturated carbocycles. The number of aliphatic hydroxyl groups excluding tert-OH is 1. The van der Waals surface area contributed by atoms with E-state index in [1.165, 1.54) is 109 Å². The van der Waals surface area contributed by atoms with Crippen molar-refractivity contribution in [3.8, 4) is 0 Å². The first-order chi connectivity index (χ1) is 37.2. The molecule has 11 nitrogen and oxygen atoms in total. The van der Waals surface area contributed by atoms with Crippen LogP contribution in [-0.2, 0) is 42.2 Å². The average molecular weight is 1090 g/mol. The summed E-state index contributed by atoms with van der Waals surface area (Å²) in [5, 5.41) is 9.80. The topological polar surface area (TPSA) is 155 Å². The minimum Gasteiger partial charge on any atom is -0.462 e. The van der Waals surface area contributed by atoms with Crippen molar-refractivity contribution in [3.05, 3.63) is 85.1 Å². The maximum absolute atomic E-state index is 12.9. The number of hydrogen-bond donors (Lipinski definition) is 2. The minimum atomic E-state index is -4.77. The van der Waals surface area contributed by atoms with Crippen LogP contribution < -0.4 is 0 Å². The van der Waals surface area contributed by atoms with Crippen molar-refractivity contribution in [3.63, 3.8) is 0 Å². The molecule has 0 saturated heterocycles. The highest BCUT2D eigenvalue weighted by Crippen LogP contribution is 2.43. The Morgan fingerprint density at radius 1 is 0.382 bits per heavy atom. The number of unbranched alkanes of at least 4 members (excludes halogenated alkanes) is 25. The maximum atomic E-state index is 12.9. The highest BCUT2D eigenvalue weighted by Gasteiger charge is 2.28. The Morgan fingerprint density at radius 2 is 0.711 bits per heavy atom. The highest BCUT2D eigenvalue weighted by molar-refractivity contribution is 7.47. The molecule has 3 unspecified atom stereocenters. The lowest BCUT2D eigenvalue weighted by Crippen LogP contribution is -2.30. The molecule has 0 heterocycles. The third-order valence-corrected chi connectivity index (χ3v) is 13.8. The summed E-state index contributed by atoms with van der Waals surface area (Å²) in [6, 6.07) is 0. The van der Waals surface area contributed by atoms with Crippen molar-refractivity contribution in [1.82, 2.24) is 0 Å². The summed E-state index contributed by atoms with van der Waals surface area (Å²) in [7, 11) is -4.77. The third-order valence-electron chi connectivity index (χ3n) is 12.8. The minimum absolute atomic E-state index is 0.0536. The van der Waals surface area contributed by atoms with Crippen LogP contribution in [0.3, 0.4) is 0 Å². The summed E-state index contributed by atoms with van der Waals surface area (Å²) < 4.78 is 39.5. The Kier molecular flexibility index (Phi) is 55.3. The zero-order chi connectivity index (χ0) is 55.5. The van der Waals surface area contributed by atoms with Crippen LogP contribution in [-0.4, -0.2) is 66.5 Å². The molecule has 0 bridgehead atoms. The van der Waals surface area contributed by atoms with E-state index in [-0.39, 0.29) is 25.9 Å². The van der Waals surface area contributed by atoms with Crippen LogP contribution in [0.4, 0.5) is 0 Å². The fourth-order valence-electron chi connectivity index (χ4n) is 8.20. The van der Waals surface area contributed by atoms with Crippen LogP contribution in [0, 0.1) is 0 Å². The van der Waals surface area contributed by atoms with Gasteiger partial charge in [-0.05, 0) is 83.5 Å². The molecule has 0 aromatic carbocycles. The predicted octanol–water partition coefficient (Wildman–Crippen LogP) is 18.3. The van der Waals surface area contributed by atoms with Crippen molar-refractivity contribution in [2.75, 3.05) is 26.4 Å². The summed E-state index contributed by atoms with van der Waals surface area (Å²) in [6.45, 7) is 4.43. The van der Waals surface area contributed by atoms with E-state index in [0.29, 0.717) is 19.3 Å². The van der Waals surface area contributed by atoms with E-state index in [4.69, 9.17) is 23.3 Å². The molecule has 0 aliphatic heterocycles. The van der Waals surface area contributed by atoms with Gasteiger partial charge < -0.3 is 24.2 Å². The molecular weight excluding hydrogens is 976 g/mol. The van der Waals surface area contributed by atoms with Gasteiger partial charge in [0.15, 0.2) is 6.10 Å². The van der Waals surface area contributed by atoms with Gasteiger partial charge in [0.1, 0.15) is 12.7 Å². The van der Waals surface area contributed by atoms with Gasteiger partial charge in [0.05, 0.1) is 19.8 Å². The van der Waals surface area contributed by atoms with E-state index in [0.717, 1.165) is 96.3 Å². The molecule has 0 radical (unpaired) electrons. The Hall–Kier alpha value is -3.34. The van der Waals surface area contributed by atoms with Gasteiger partial charge >= 0.3 is 25.7 Å². The molecule has 0 aromatic heterocycles. The zero-order valence-corrected chi connectivity index (χ0v) is 49.3. The number of ether oxygens (including phenoxy) is 3. The van der Waals surface area contributed by atoms with Crippen molar-refractivity contribution in [2.45, 2.75) is 277 Å². The second-order valence-corrected chi connectivity index (χ2v) is 21.6. The predicted molar refractivity (Wildman–Crippen MR) is 316 cm³/mol. The number of carbonyl (C=O) groups excluding carboxylic acids is 3. The average Bonchev–Trinajstić information content (AvgIpc) is 3.41. The molecule has 12 heteroatoms. The van der Waals surface area contributed by atoms with Crippen molar-refractivity contribution in [1.29, 1.82) is 0 Å². The van der Waals surface area contributed by atoms with Gasteiger partial charge in [0.25, 0.3) is 0 Å². The Bertz CT molecular complexity index is 1600. The van der Waals surface area contributed by atoms with Crippen molar-refractivity contribution >= 4 is 25.7 Å². The number of esters is 3. The van der Waals surface area contributed by atoms with E-state index >= 15 is 0 Å². The van der Waals surface area contributed by atoms with Crippen LogP contribution in [0.15, 0.2) is 85.1 Å². The number of rotatable bonds is 56. The van der Waals surface area contributed by atoms with Gasteiger partial charge in [-0.2, -0.15) is 0 Å². The number of allylic oxidation sites excluding steroid dienone is 14. The first-order valence-electron chi connectivity index (χ1n) is 30.5. The quantitative estimate of drug-likeness (QED) is 0.0197. The molecule has 0 fully saturated rings. The van der Waals surface area contributed by atoms with E-state index in [9.17, 15) is 28.9 Å². The second kappa shape index (κ2) is 57.8. The molecule has 0 aliphatic rings. The number of aliphatic hydroxyl groups is 1. The summed E-state index contributed by atoms with van der Waals surface area (Å²) in [6.07, 6.45) is 67.0. The maximum Gasteiger partial charge on any atom is 0.472 e. The lowest BCUT2D eigenvalue weighted by Gasteiger charge is -2.21. The molecule has 76 heavy (non-hydrogen) atoms. The monoisotopic (exact) mass is 1090 g/mol. The normalized spacial score (nSPS) is 13.9. The molecule has 0 aromatic rings. The summed E-state index contributed by atoms with van der Waals surface area (Å²) >= 11 is 0. The van der Waals surface area contributed by atoms with Crippen LogP contribution in [0.25, 0.3) is 0 Å². The van der Waals surface area contributed by atoms with Gasteiger partial charge in [-0.25, -0.2) is 4.57 Å². The SMILES string of the molecule is CC/C=C\C/C=C\C/C=C\C/C=C\CCC(=O)OC(CO)COP(=O)(O)OCC(COC(=O)CCCCCCCC/C=C\C/C=C\C/C=C\CCCCC)OC(=O)CCCCCCCCCCCCCCCCCCC. The largest absolute Gasteiger partial charge is 0.472 e. The fourth-order valence-corrected chi connectivity index (χ4v) is 8.99. The summed E-state index contributed by atoms with van der Waals surface area (Å²) in [5.74, 6) is -1.56. The standard InChI is InChI=1S/C64H111O11P/c1-4-7-10-13-16-19-22-25-27-29-30-32-33-36-38-41-44-47-50-53-62(66)71-57-61(75-64(68)55-52-49-46-43-40-37-34-31-28-26-23-20-17-14-11-8-5-2)59-73-76(69,70)72-58-60(56-65)74-63(67)54-51-48-45-42-39-35-24-21-18-15-12-9-6-3/h9,12,16,18-19,21,25,27,30,32,35,39,45,48,60-61,65H,4-8,10-11,13-15,17,20,22-24,26,28-29,31,33-34,36-38,40-44,46-47,49-59H2,1-3H3,(H,69,70)/b12-9-,19-16-,21-18-,27-25-,32-30-,39-35-,48-45-. The lowest BCUT2D eigenvalue weighted by atomic mass is 10.0. The highest BCUT2D eigenvalue weighted by atomic mass is 31.2. The van der Waals surface area contributed by atoms with E-state index < -0.39 is 57.8 Å². The molecule has 0 spiro atoms. The van der Waals surface area contributed by atoms with Crippen LogP contribution in [0.1, 0.15) is 265 Å². The first kappa shape index (κ1) is 72.7. The van der Waals surface area contributed by atoms with Gasteiger partial charge in [0.2, 0.25) is 0 Å². The zero-order valence-electron chi connectivity index (χ0n) is 48.5. The van der Waals surface area contributed by atoms with Gasteiger partial charge in [-0.15, -0.1) is 0 Å². The van der Waals surface area contributed by atoms with E-state index in [1.54, 1.807) is 0 Å². The van der Waals surface area contributed by atoms with Crippen LogP contribution in [0.2, 0.25) is 0 Å². The number of hydrogen-bond acceptors (Lipinski definition) is 10. The van der Waals surface area contributed by atoms with Crippen LogP contribution in [0.5, 0.6) is 0 Å². The molecule has 0 amide bonds. The van der Waals surface area contributed by atoms with E-state index in [1.807, 2.05) is 12.2 Å². The first-order valence-corrected chi connectivity index (χ1v) is 32.0. The number of carbonyl (C=O) groups is 3. The molecular formula is C64H111O11P. The Balaban J connectivity index is 4.78. The molecule has 0 aliphatic carbocycles. The second-order valence-electron chi connectivity index (χ2n) is 20.1. The molecule has 0 rings (SSSR count). The van der Waals surface area contributed by atoms with Crippen molar-refractivity contribution < 1.29 is 52.2 Å². The molecule has 2 N–H and O–H groups in total.